The number of hydrogen-bond acceptors (Lipinski definition) is 6. The van der Waals surface area contributed by atoms with Crippen molar-refractivity contribution in [3.8, 4) is 0 Å². The molecule has 0 saturated carbocycles. The molecule has 0 spiro atoms. The normalized spacial score (nSPS) is 14.8. The molecule has 6 nitrogen and oxygen atoms in total. The average molecular weight is 228 g/mol. The first kappa shape index (κ1) is 12.9. The van der Waals surface area contributed by atoms with Crippen molar-refractivity contribution in [1.82, 2.24) is 15.5 Å². The van der Waals surface area contributed by atoms with Gasteiger partial charge in [-0.25, -0.2) is 0 Å². The fourth-order valence-electron chi connectivity index (χ4n) is 1.25. The lowest BCUT2D eigenvalue weighted by Crippen LogP contribution is -2.32. The second-order valence-electron chi connectivity index (χ2n) is 3.84. The lowest BCUT2D eigenvalue weighted by molar-refractivity contribution is 0.265. The molecular formula is C10H20N4O2. The lowest BCUT2D eigenvalue weighted by Gasteiger charge is -2.20. The fraction of sp³-hybridized carbons (Fsp3) is 0.800. The Bertz CT molecular complexity index is 316. The molecule has 0 bridgehead atoms. The molecule has 6 heteroatoms. The maximum absolute atomic E-state index is 9.02. The van der Waals surface area contributed by atoms with Crippen molar-refractivity contribution in [2.24, 2.45) is 0 Å². The van der Waals surface area contributed by atoms with Crippen molar-refractivity contribution < 1.29 is 9.52 Å². The van der Waals surface area contributed by atoms with Gasteiger partial charge < -0.3 is 19.7 Å². The summed E-state index contributed by atoms with van der Waals surface area (Å²) in [6, 6.07) is 0.438. The minimum atomic E-state index is -0.0391. The Labute approximate surface area is 95.7 Å². The molecule has 1 heterocycles. The van der Waals surface area contributed by atoms with Gasteiger partial charge in [0, 0.05) is 7.05 Å². The van der Waals surface area contributed by atoms with Crippen LogP contribution < -0.4 is 10.2 Å². The van der Waals surface area contributed by atoms with Gasteiger partial charge in [-0.05, 0) is 20.4 Å². The largest absolute Gasteiger partial charge is 0.406 e. The van der Waals surface area contributed by atoms with E-state index < -0.39 is 0 Å². The Morgan fingerprint density at radius 3 is 2.69 bits per heavy atom. The highest BCUT2D eigenvalue weighted by atomic mass is 16.4. The molecule has 0 fully saturated rings. The van der Waals surface area contributed by atoms with Crippen LogP contribution in [0.15, 0.2) is 4.42 Å². The van der Waals surface area contributed by atoms with Crippen LogP contribution in [0.2, 0.25) is 0 Å². The molecule has 0 saturated heterocycles. The van der Waals surface area contributed by atoms with Gasteiger partial charge in [0.05, 0.1) is 18.7 Å². The second kappa shape index (κ2) is 5.81. The molecule has 0 aromatic carbocycles. The van der Waals surface area contributed by atoms with E-state index in [0.717, 1.165) is 6.54 Å². The Morgan fingerprint density at radius 1 is 1.44 bits per heavy atom. The Kier molecular flexibility index (Phi) is 4.70. The van der Waals surface area contributed by atoms with Crippen LogP contribution in [-0.4, -0.2) is 41.5 Å². The molecule has 0 aliphatic carbocycles. The van der Waals surface area contributed by atoms with Crippen LogP contribution in [0, 0.1) is 0 Å². The van der Waals surface area contributed by atoms with E-state index >= 15 is 0 Å². The van der Waals surface area contributed by atoms with Crippen LogP contribution in [0.4, 0.5) is 6.01 Å². The number of hydrogen-bond donors (Lipinski definition) is 2. The molecule has 1 aromatic rings. The van der Waals surface area contributed by atoms with E-state index in [1.165, 1.54) is 0 Å². The van der Waals surface area contributed by atoms with Gasteiger partial charge in [0.15, 0.2) is 0 Å². The van der Waals surface area contributed by atoms with Gasteiger partial charge in [-0.15, -0.1) is 5.10 Å². The predicted octanol–water partition coefficient (Wildman–Crippen LogP) is 0.557. The number of likely N-dealkylation sites (N-methyl/N-ethyl adjacent to an activating group) is 1. The van der Waals surface area contributed by atoms with Crippen molar-refractivity contribution >= 4 is 6.01 Å². The third-order valence-electron chi connectivity index (χ3n) is 2.54. The highest BCUT2D eigenvalue weighted by Gasteiger charge is 2.18. The SMILES string of the molecule is CCNC(C)c1nnc(N(C)C(C)CO)o1. The van der Waals surface area contributed by atoms with Crippen LogP contribution in [0.1, 0.15) is 32.7 Å². The minimum Gasteiger partial charge on any atom is -0.406 e. The van der Waals surface area contributed by atoms with Crippen LogP contribution >= 0.6 is 0 Å². The third kappa shape index (κ3) is 2.93. The lowest BCUT2D eigenvalue weighted by atomic mass is 10.3. The smallest absolute Gasteiger partial charge is 0.318 e. The number of nitrogens with zero attached hydrogens (tertiary/aromatic N) is 3. The van der Waals surface area contributed by atoms with Gasteiger partial charge in [0.25, 0.3) is 0 Å². The molecule has 0 amide bonds. The van der Waals surface area contributed by atoms with Crippen molar-refractivity contribution in [2.45, 2.75) is 32.9 Å². The van der Waals surface area contributed by atoms with Gasteiger partial charge in [-0.1, -0.05) is 12.0 Å². The zero-order valence-electron chi connectivity index (χ0n) is 10.3. The number of aliphatic hydroxyl groups excluding tert-OH is 1. The van der Waals surface area contributed by atoms with E-state index in [9.17, 15) is 0 Å². The zero-order chi connectivity index (χ0) is 12.1. The van der Waals surface area contributed by atoms with Gasteiger partial charge in [-0.2, -0.15) is 0 Å². The monoisotopic (exact) mass is 228 g/mol. The van der Waals surface area contributed by atoms with E-state index in [2.05, 4.69) is 15.5 Å². The Hall–Kier alpha value is -1.14. The number of aromatic nitrogens is 2. The molecule has 92 valence electrons. The second-order valence-corrected chi connectivity index (χ2v) is 3.84. The molecule has 2 N–H and O–H groups in total. The van der Waals surface area contributed by atoms with Crippen molar-refractivity contribution in [3.05, 3.63) is 5.89 Å². The number of rotatable bonds is 6. The highest BCUT2D eigenvalue weighted by Crippen LogP contribution is 2.17. The standard InChI is InChI=1S/C10H20N4O2/c1-5-11-8(3)9-12-13-10(16-9)14(4)7(2)6-15/h7-8,11,15H,5-6H2,1-4H3. The quantitative estimate of drug-likeness (QED) is 0.741. The van der Waals surface area contributed by atoms with Gasteiger partial charge in [0.1, 0.15) is 0 Å². The molecule has 0 aliphatic heterocycles. The van der Waals surface area contributed by atoms with Crippen LogP contribution in [-0.2, 0) is 0 Å². The van der Waals surface area contributed by atoms with Crippen LogP contribution in [0.3, 0.4) is 0 Å². The molecule has 0 radical (unpaired) electrons. The molecule has 1 aromatic heterocycles. The summed E-state index contributed by atoms with van der Waals surface area (Å²) in [5, 5.41) is 20.1. The predicted molar refractivity (Wildman–Crippen MR) is 61.3 cm³/mol. The summed E-state index contributed by atoms with van der Waals surface area (Å²) in [6.07, 6.45) is 0. The van der Waals surface area contributed by atoms with Gasteiger partial charge in [0.2, 0.25) is 5.89 Å². The molecule has 1 rings (SSSR count). The summed E-state index contributed by atoms with van der Waals surface area (Å²) in [5.74, 6) is 0.564. The topological polar surface area (TPSA) is 74.4 Å². The van der Waals surface area contributed by atoms with Crippen molar-refractivity contribution in [3.63, 3.8) is 0 Å². The fourth-order valence-corrected chi connectivity index (χ4v) is 1.25. The molecule has 2 atom stereocenters. The highest BCUT2D eigenvalue weighted by molar-refractivity contribution is 5.24. The Balaban J connectivity index is 2.70. The minimum absolute atomic E-state index is 0.0391. The summed E-state index contributed by atoms with van der Waals surface area (Å²) in [7, 11) is 1.82. The average Bonchev–Trinajstić information content (AvgIpc) is 2.76. The maximum Gasteiger partial charge on any atom is 0.318 e. The van der Waals surface area contributed by atoms with E-state index in [1.807, 2.05) is 27.8 Å². The molecule has 16 heavy (non-hydrogen) atoms. The van der Waals surface area contributed by atoms with E-state index in [4.69, 9.17) is 9.52 Å². The summed E-state index contributed by atoms with van der Waals surface area (Å²) in [6.45, 7) is 6.78. The summed E-state index contributed by atoms with van der Waals surface area (Å²) >= 11 is 0. The van der Waals surface area contributed by atoms with E-state index in [1.54, 1.807) is 4.90 Å². The molecule has 2 unspecified atom stereocenters. The number of anilines is 1. The van der Waals surface area contributed by atoms with Gasteiger partial charge in [-0.3, -0.25) is 0 Å². The first-order valence-corrected chi connectivity index (χ1v) is 5.50. The Morgan fingerprint density at radius 2 is 2.12 bits per heavy atom. The maximum atomic E-state index is 9.02. The van der Waals surface area contributed by atoms with E-state index in [0.29, 0.717) is 11.9 Å². The van der Waals surface area contributed by atoms with Gasteiger partial charge >= 0.3 is 6.01 Å². The summed E-state index contributed by atoms with van der Waals surface area (Å²) in [5.41, 5.74) is 0. The van der Waals surface area contributed by atoms with E-state index in [-0.39, 0.29) is 18.7 Å². The van der Waals surface area contributed by atoms with Crippen LogP contribution in [0.5, 0.6) is 0 Å². The number of nitrogens with one attached hydrogen (secondary N) is 1. The summed E-state index contributed by atoms with van der Waals surface area (Å²) in [4.78, 5) is 1.76. The molecular weight excluding hydrogens is 208 g/mol. The van der Waals surface area contributed by atoms with Crippen molar-refractivity contribution in [1.29, 1.82) is 0 Å². The van der Waals surface area contributed by atoms with Crippen molar-refractivity contribution in [2.75, 3.05) is 25.1 Å². The van der Waals surface area contributed by atoms with Crippen LogP contribution in [0.25, 0.3) is 0 Å². The first-order valence-electron chi connectivity index (χ1n) is 5.50. The number of aliphatic hydroxyl groups is 1. The zero-order valence-corrected chi connectivity index (χ0v) is 10.3. The third-order valence-corrected chi connectivity index (χ3v) is 2.54. The first-order chi connectivity index (χ1) is 7.60. The summed E-state index contributed by atoms with van der Waals surface area (Å²) < 4.78 is 5.51. The molecule has 0 aliphatic rings.